The lowest BCUT2D eigenvalue weighted by Crippen LogP contribution is -2.51. The van der Waals surface area contributed by atoms with Crippen LogP contribution < -0.4 is 14.4 Å². The Kier molecular flexibility index (Phi) is 11.8. The second-order valence-corrected chi connectivity index (χ2v) is 13.1. The minimum Gasteiger partial charge on any atom is -0.495 e. The number of rotatable bonds is 13. The summed E-state index contributed by atoms with van der Waals surface area (Å²) in [5, 5.41) is 4.14. The molecule has 1 fully saturated rings. The zero-order valence-electron chi connectivity index (χ0n) is 23.0. The highest BCUT2D eigenvalue weighted by atomic mass is 35.5. The third-order valence-electron chi connectivity index (χ3n) is 7.00. The lowest BCUT2D eigenvalue weighted by molar-refractivity contribution is -0.141. The maximum absolute atomic E-state index is 13.6. The van der Waals surface area contributed by atoms with Gasteiger partial charge in [-0.05, 0) is 61.6 Å². The minimum absolute atomic E-state index is 0.0322. The Bertz CT molecular complexity index is 1300. The number of anilines is 1. The van der Waals surface area contributed by atoms with Crippen molar-refractivity contribution >= 4 is 62.3 Å². The molecule has 3 rings (SSSR count). The molecule has 8 nitrogen and oxygen atoms in total. The van der Waals surface area contributed by atoms with Crippen LogP contribution in [0.15, 0.2) is 36.4 Å². The molecular formula is C28H36Cl3N3O5S. The van der Waals surface area contributed by atoms with Crippen molar-refractivity contribution < 1.29 is 22.7 Å². The molecule has 1 atom stereocenters. The average Bonchev–Trinajstić information content (AvgIpc) is 3.40. The smallest absolute Gasteiger partial charge is 0.243 e. The predicted octanol–water partition coefficient (Wildman–Crippen LogP) is 6.07. The van der Waals surface area contributed by atoms with Crippen molar-refractivity contribution in [1.29, 1.82) is 0 Å². The Labute approximate surface area is 251 Å². The quantitative estimate of drug-likeness (QED) is 0.289. The van der Waals surface area contributed by atoms with E-state index in [9.17, 15) is 18.0 Å². The topological polar surface area (TPSA) is 96.0 Å². The van der Waals surface area contributed by atoms with Crippen LogP contribution in [0.4, 0.5) is 5.69 Å². The van der Waals surface area contributed by atoms with Gasteiger partial charge in [-0.3, -0.25) is 13.9 Å². The average molecular weight is 633 g/mol. The van der Waals surface area contributed by atoms with Crippen LogP contribution in [0.2, 0.25) is 15.1 Å². The Balaban J connectivity index is 1.79. The number of benzene rings is 2. The van der Waals surface area contributed by atoms with Crippen LogP contribution in [0, 0.1) is 0 Å². The number of methoxy groups -OCH3 is 1. The molecule has 2 amide bonds. The van der Waals surface area contributed by atoms with Crippen LogP contribution in [0.1, 0.15) is 57.4 Å². The molecular weight excluding hydrogens is 597 g/mol. The van der Waals surface area contributed by atoms with Gasteiger partial charge < -0.3 is 15.0 Å². The number of nitrogens with one attached hydrogen (secondary N) is 1. The number of amides is 2. The highest BCUT2D eigenvalue weighted by Gasteiger charge is 2.31. The molecule has 40 heavy (non-hydrogen) atoms. The number of nitrogens with zero attached hydrogens (tertiary/aromatic N) is 2. The first kappa shape index (κ1) is 32.3. The first-order valence-corrected chi connectivity index (χ1v) is 16.3. The predicted molar refractivity (Wildman–Crippen MR) is 161 cm³/mol. The molecule has 0 heterocycles. The summed E-state index contributed by atoms with van der Waals surface area (Å²) in [5.41, 5.74) is 1.11. The van der Waals surface area contributed by atoms with Crippen LogP contribution in [0.3, 0.4) is 0 Å². The molecule has 0 saturated heterocycles. The molecule has 2 aromatic rings. The lowest BCUT2D eigenvalue weighted by Gasteiger charge is -2.32. The molecule has 12 heteroatoms. The van der Waals surface area contributed by atoms with Gasteiger partial charge in [0.1, 0.15) is 11.8 Å². The van der Waals surface area contributed by atoms with Crippen LogP contribution in [0.25, 0.3) is 0 Å². The monoisotopic (exact) mass is 631 g/mol. The molecule has 0 spiro atoms. The van der Waals surface area contributed by atoms with Gasteiger partial charge >= 0.3 is 0 Å². The Hall–Kier alpha value is -2.20. The van der Waals surface area contributed by atoms with Gasteiger partial charge in [0.25, 0.3) is 0 Å². The molecule has 0 unspecified atom stereocenters. The largest absolute Gasteiger partial charge is 0.495 e. The fraction of sp³-hybridized carbons (Fsp3) is 0.500. The number of hydrogen-bond donors (Lipinski definition) is 1. The van der Waals surface area contributed by atoms with Gasteiger partial charge in [-0.15, -0.1) is 0 Å². The van der Waals surface area contributed by atoms with Gasteiger partial charge in [0, 0.05) is 25.6 Å². The third kappa shape index (κ3) is 8.65. The van der Waals surface area contributed by atoms with E-state index >= 15 is 0 Å². The van der Waals surface area contributed by atoms with Crippen molar-refractivity contribution in [3.05, 3.63) is 57.0 Å². The standard InChI is InChI=1S/C28H36Cl3N3O5S/c1-4-25(28(36)32-20-8-5-6-9-20)33(18-19-11-13-22(29)23(30)16-19)27(35)10-7-15-34(40(3,37)38)21-12-14-26(39-2)24(31)17-21/h11-14,16-17,20,25H,4-10,15,18H2,1-3H3,(H,32,36)/t25-/m0/s1. The Morgan fingerprint density at radius 2 is 1.75 bits per heavy atom. The SMILES string of the molecule is CC[C@@H](C(=O)NC1CCCC1)N(Cc1ccc(Cl)c(Cl)c1)C(=O)CCCN(c1ccc(OC)c(Cl)c1)S(C)(=O)=O. The van der Waals surface area contributed by atoms with Gasteiger partial charge in [-0.1, -0.05) is 60.6 Å². The van der Waals surface area contributed by atoms with Crippen molar-refractivity contribution in [1.82, 2.24) is 10.2 Å². The normalized spacial score (nSPS) is 14.6. The van der Waals surface area contributed by atoms with Gasteiger partial charge in [0.2, 0.25) is 21.8 Å². The summed E-state index contributed by atoms with van der Waals surface area (Å²) in [7, 11) is -2.19. The summed E-state index contributed by atoms with van der Waals surface area (Å²) in [4.78, 5) is 28.5. The van der Waals surface area contributed by atoms with E-state index in [0.29, 0.717) is 27.9 Å². The Morgan fingerprint density at radius 1 is 1.05 bits per heavy atom. The number of halogens is 3. The third-order valence-corrected chi connectivity index (χ3v) is 9.23. The number of carbonyl (C=O) groups excluding carboxylic acids is 2. The van der Waals surface area contributed by atoms with E-state index in [1.54, 1.807) is 35.2 Å². The molecule has 1 saturated carbocycles. The van der Waals surface area contributed by atoms with Crippen LogP contribution in [-0.2, 0) is 26.2 Å². The second-order valence-electron chi connectivity index (χ2n) is 9.94. The molecule has 1 aliphatic carbocycles. The van der Waals surface area contributed by atoms with E-state index in [-0.39, 0.29) is 48.8 Å². The summed E-state index contributed by atoms with van der Waals surface area (Å²) >= 11 is 18.5. The van der Waals surface area contributed by atoms with Gasteiger partial charge in [-0.2, -0.15) is 0 Å². The highest BCUT2D eigenvalue weighted by molar-refractivity contribution is 7.92. The molecule has 1 N–H and O–H groups in total. The minimum atomic E-state index is -3.66. The number of ether oxygens (including phenoxy) is 1. The zero-order chi connectivity index (χ0) is 29.4. The number of hydrogen-bond acceptors (Lipinski definition) is 5. The fourth-order valence-corrected chi connectivity index (χ4v) is 6.47. The van der Waals surface area contributed by atoms with E-state index in [1.807, 2.05) is 6.92 Å². The van der Waals surface area contributed by atoms with Gasteiger partial charge in [0.15, 0.2) is 0 Å². The summed E-state index contributed by atoms with van der Waals surface area (Å²) in [6.07, 6.45) is 5.79. The van der Waals surface area contributed by atoms with Crippen LogP contribution in [-0.4, -0.2) is 57.1 Å². The molecule has 1 aliphatic rings. The highest BCUT2D eigenvalue weighted by Crippen LogP contribution is 2.31. The van der Waals surface area contributed by atoms with Crippen LogP contribution in [0.5, 0.6) is 5.75 Å². The molecule has 0 bridgehead atoms. The van der Waals surface area contributed by atoms with Crippen molar-refractivity contribution in [2.75, 3.05) is 24.2 Å². The fourth-order valence-electron chi connectivity index (χ4n) is 4.94. The molecule has 0 aliphatic heterocycles. The first-order valence-electron chi connectivity index (χ1n) is 13.3. The maximum atomic E-state index is 13.6. The number of carbonyl (C=O) groups is 2. The summed E-state index contributed by atoms with van der Waals surface area (Å²) in [6.45, 7) is 2.09. The lowest BCUT2D eigenvalue weighted by atomic mass is 10.1. The van der Waals surface area contributed by atoms with E-state index in [0.717, 1.165) is 37.5 Å². The second kappa shape index (κ2) is 14.6. The maximum Gasteiger partial charge on any atom is 0.243 e. The Morgan fingerprint density at radius 3 is 2.33 bits per heavy atom. The van der Waals surface area contributed by atoms with Crippen molar-refractivity contribution in [2.24, 2.45) is 0 Å². The summed E-state index contributed by atoms with van der Waals surface area (Å²) < 4.78 is 31.6. The molecule has 0 aromatic heterocycles. The van der Waals surface area contributed by atoms with Crippen molar-refractivity contribution in [2.45, 2.75) is 70.5 Å². The summed E-state index contributed by atoms with van der Waals surface area (Å²) in [6, 6.07) is 9.25. The first-order chi connectivity index (χ1) is 18.9. The van der Waals surface area contributed by atoms with Crippen molar-refractivity contribution in [3.8, 4) is 5.75 Å². The zero-order valence-corrected chi connectivity index (χ0v) is 26.0. The van der Waals surface area contributed by atoms with Gasteiger partial charge in [-0.25, -0.2) is 8.42 Å². The van der Waals surface area contributed by atoms with Gasteiger partial charge in [0.05, 0.1) is 34.1 Å². The van der Waals surface area contributed by atoms with Crippen LogP contribution >= 0.6 is 34.8 Å². The molecule has 2 aromatic carbocycles. The van der Waals surface area contributed by atoms with E-state index in [2.05, 4.69) is 5.32 Å². The summed E-state index contributed by atoms with van der Waals surface area (Å²) in [5.74, 6) is -0.0253. The van der Waals surface area contributed by atoms with E-state index in [4.69, 9.17) is 39.5 Å². The van der Waals surface area contributed by atoms with E-state index < -0.39 is 16.1 Å². The molecule has 0 radical (unpaired) electrons. The number of sulfonamides is 1. The van der Waals surface area contributed by atoms with Crippen molar-refractivity contribution in [3.63, 3.8) is 0 Å². The molecule has 220 valence electrons. The van der Waals surface area contributed by atoms with E-state index in [1.165, 1.54) is 17.5 Å².